The molecule has 0 saturated carbocycles. The number of imidazole rings is 1. The fourth-order valence-corrected chi connectivity index (χ4v) is 3.76. The maximum atomic E-state index is 12.7. The molecule has 0 radical (unpaired) electrons. The Balaban J connectivity index is 1.56. The average molecular weight is 345 g/mol. The zero-order chi connectivity index (χ0) is 16.8. The van der Waals surface area contributed by atoms with Gasteiger partial charge in [-0.2, -0.15) is 0 Å². The van der Waals surface area contributed by atoms with E-state index in [0.717, 1.165) is 42.4 Å². The molecule has 128 valence electrons. The number of nitrogens with zero attached hydrogens (tertiary/aromatic N) is 4. The van der Waals surface area contributed by atoms with E-state index in [9.17, 15) is 4.79 Å². The Morgan fingerprint density at radius 2 is 2.21 bits per heavy atom. The van der Waals surface area contributed by atoms with Crippen molar-refractivity contribution in [3.05, 3.63) is 42.5 Å². The predicted molar refractivity (Wildman–Crippen MR) is 94.7 cm³/mol. The zero-order valence-corrected chi connectivity index (χ0v) is 14.7. The number of hydrogen-bond acceptors (Lipinski definition) is 5. The normalized spacial score (nSPS) is 16.2. The Kier molecular flexibility index (Phi) is 5.87. The molecule has 0 bridgehead atoms. The Bertz CT molecular complexity index is 654. The van der Waals surface area contributed by atoms with E-state index in [4.69, 9.17) is 0 Å². The van der Waals surface area contributed by atoms with Crippen LogP contribution in [-0.4, -0.2) is 50.7 Å². The summed E-state index contributed by atoms with van der Waals surface area (Å²) in [6, 6.07) is 3.64. The Hall–Kier alpha value is -1.86. The van der Waals surface area contributed by atoms with E-state index in [0.29, 0.717) is 6.54 Å². The molecule has 1 fully saturated rings. The van der Waals surface area contributed by atoms with Crippen molar-refractivity contribution < 1.29 is 4.79 Å². The molecule has 0 aliphatic carbocycles. The first-order valence-corrected chi connectivity index (χ1v) is 9.26. The number of aromatic nitrogens is 3. The molecule has 1 amide bonds. The van der Waals surface area contributed by atoms with Gasteiger partial charge in [0.25, 0.3) is 0 Å². The number of aryl methyl sites for hydroxylation is 1. The van der Waals surface area contributed by atoms with E-state index < -0.39 is 0 Å². The molecular weight excluding hydrogens is 322 g/mol. The largest absolute Gasteiger partial charge is 0.354 e. The summed E-state index contributed by atoms with van der Waals surface area (Å²) in [7, 11) is 1.97. The van der Waals surface area contributed by atoms with Crippen LogP contribution in [0, 0.1) is 0 Å². The molecule has 7 heteroatoms. The lowest BCUT2D eigenvalue weighted by atomic mass is 10.1. The zero-order valence-electron chi connectivity index (χ0n) is 13.9. The van der Waals surface area contributed by atoms with Gasteiger partial charge in [-0.15, -0.1) is 0 Å². The molecule has 1 saturated heterocycles. The molecule has 1 N–H and O–H groups in total. The first-order chi connectivity index (χ1) is 11.8. The van der Waals surface area contributed by atoms with Crippen LogP contribution in [0.25, 0.3) is 0 Å². The van der Waals surface area contributed by atoms with Crippen LogP contribution in [0.3, 0.4) is 0 Å². The molecule has 2 aromatic heterocycles. The molecule has 0 aromatic carbocycles. The number of rotatable bonds is 7. The molecular formula is C17H23N5OS. The number of pyridine rings is 1. The lowest BCUT2D eigenvalue weighted by molar-refractivity contribution is -0.126. The van der Waals surface area contributed by atoms with Gasteiger partial charge in [-0.1, -0.05) is 17.8 Å². The topological polar surface area (TPSA) is 63.1 Å². The minimum absolute atomic E-state index is 0.0605. The van der Waals surface area contributed by atoms with Gasteiger partial charge in [-0.25, -0.2) is 4.98 Å². The maximum absolute atomic E-state index is 12.7. The SMILES string of the molecule is Cn1ccnc1SCCNC(=O)C(c1cccnc1)N1CCCC1. The molecule has 1 aliphatic rings. The van der Waals surface area contributed by atoms with Crippen LogP contribution in [0.1, 0.15) is 24.4 Å². The van der Waals surface area contributed by atoms with Crippen LogP contribution >= 0.6 is 11.8 Å². The molecule has 3 rings (SSSR count). The first kappa shape index (κ1) is 17.0. The summed E-state index contributed by atoms with van der Waals surface area (Å²) in [6.07, 6.45) is 9.55. The van der Waals surface area contributed by atoms with Crippen molar-refractivity contribution in [2.24, 2.45) is 7.05 Å². The van der Waals surface area contributed by atoms with Gasteiger partial charge in [0.1, 0.15) is 6.04 Å². The van der Waals surface area contributed by atoms with Gasteiger partial charge < -0.3 is 9.88 Å². The molecule has 0 spiro atoms. The van der Waals surface area contributed by atoms with Crippen molar-refractivity contribution in [1.29, 1.82) is 0 Å². The molecule has 1 unspecified atom stereocenters. The number of nitrogens with one attached hydrogen (secondary N) is 1. The van der Waals surface area contributed by atoms with Gasteiger partial charge in [0.2, 0.25) is 5.91 Å². The highest BCUT2D eigenvalue weighted by atomic mass is 32.2. The minimum Gasteiger partial charge on any atom is -0.354 e. The lowest BCUT2D eigenvalue weighted by Crippen LogP contribution is -2.40. The molecule has 6 nitrogen and oxygen atoms in total. The number of amides is 1. The van der Waals surface area contributed by atoms with Crippen LogP contribution in [0.4, 0.5) is 0 Å². The van der Waals surface area contributed by atoms with Gasteiger partial charge in [-0.05, 0) is 37.6 Å². The second-order valence-corrected chi connectivity index (χ2v) is 6.95. The fourth-order valence-electron chi connectivity index (χ4n) is 2.97. The predicted octanol–water partition coefficient (Wildman–Crippen LogP) is 1.86. The Morgan fingerprint density at radius 1 is 1.38 bits per heavy atom. The van der Waals surface area contributed by atoms with Crippen LogP contribution < -0.4 is 5.32 Å². The van der Waals surface area contributed by atoms with Crippen molar-refractivity contribution >= 4 is 17.7 Å². The van der Waals surface area contributed by atoms with Crippen LogP contribution in [0.5, 0.6) is 0 Å². The van der Waals surface area contributed by atoms with Crippen LogP contribution in [-0.2, 0) is 11.8 Å². The summed E-state index contributed by atoms with van der Waals surface area (Å²) in [6.45, 7) is 2.56. The quantitative estimate of drug-likeness (QED) is 0.613. The number of thioether (sulfide) groups is 1. The van der Waals surface area contributed by atoms with E-state index in [1.807, 2.05) is 29.9 Å². The van der Waals surface area contributed by atoms with Crippen LogP contribution in [0.2, 0.25) is 0 Å². The van der Waals surface area contributed by atoms with Gasteiger partial charge in [0.05, 0.1) is 0 Å². The third-order valence-corrected chi connectivity index (χ3v) is 5.22. The van der Waals surface area contributed by atoms with Crippen molar-refractivity contribution in [3.63, 3.8) is 0 Å². The molecule has 1 aliphatic heterocycles. The minimum atomic E-state index is -0.237. The molecule has 24 heavy (non-hydrogen) atoms. The number of hydrogen-bond donors (Lipinski definition) is 1. The van der Waals surface area contributed by atoms with Crippen LogP contribution in [0.15, 0.2) is 42.1 Å². The highest BCUT2D eigenvalue weighted by molar-refractivity contribution is 7.99. The van der Waals surface area contributed by atoms with Gasteiger partial charge >= 0.3 is 0 Å². The summed E-state index contributed by atoms with van der Waals surface area (Å²) in [4.78, 5) is 23.4. The summed E-state index contributed by atoms with van der Waals surface area (Å²) < 4.78 is 1.98. The third-order valence-electron chi connectivity index (χ3n) is 4.16. The number of likely N-dealkylation sites (tertiary alicyclic amines) is 1. The summed E-state index contributed by atoms with van der Waals surface area (Å²) in [5.41, 5.74) is 0.966. The fraction of sp³-hybridized carbons (Fsp3) is 0.471. The number of carbonyl (C=O) groups excluding carboxylic acids is 1. The molecule has 2 aromatic rings. The highest BCUT2D eigenvalue weighted by Crippen LogP contribution is 2.24. The standard InChI is InChI=1S/C17H23N5OS/c1-21-11-7-20-17(21)24-12-8-19-16(23)15(22-9-2-3-10-22)14-5-4-6-18-13-14/h4-7,11,13,15H,2-3,8-10,12H2,1H3,(H,19,23). The van der Waals surface area contributed by atoms with E-state index in [1.165, 1.54) is 0 Å². The van der Waals surface area contributed by atoms with Crippen molar-refractivity contribution in [2.45, 2.75) is 24.0 Å². The van der Waals surface area contributed by atoms with E-state index in [2.05, 4.69) is 20.2 Å². The van der Waals surface area contributed by atoms with Gasteiger partial charge in [-0.3, -0.25) is 14.7 Å². The highest BCUT2D eigenvalue weighted by Gasteiger charge is 2.29. The Morgan fingerprint density at radius 3 is 2.88 bits per heavy atom. The third kappa shape index (κ3) is 4.15. The smallest absolute Gasteiger partial charge is 0.242 e. The van der Waals surface area contributed by atoms with Gasteiger partial charge in [0, 0.05) is 44.1 Å². The second-order valence-electron chi connectivity index (χ2n) is 5.89. The van der Waals surface area contributed by atoms with Crippen molar-refractivity contribution in [3.8, 4) is 0 Å². The second kappa shape index (κ2) is 8.30. The molecule has 3 heterocycles. The van der Waals surface area contributed by atoms with Gasteiger partial charge in [0.15, 0.2) is 5.16 Å². The monoisotopic (exact) mass is 345 g/mol. The van der Waals surface area contributed by atoms with E-state index in [-0.39, 0.29) is 11.9 Å². The van der Waals surface area contributed by atoms with E-state index >= 15 is 0 Å². The lowest BCUT2D eigenvalue weighted by Gasteiger charge is -2.26. The maximum Gasteiger partial charge on any atom is 0.242 e. The average Bonchev–Trinajstić information content (AvgIpc) is 3.25. The van der Waals surface area contributed by atoms with Crippen molar-refractivity contribution in [1.82, 2.24) is 24.8 Å². The molecule has 1 atom stereocenters. The number of carbonyl (C=O) groups is 1. The summed E-state index contributed by atoms with van der Waals surface area (Å²) in [5.74, 6) is 0.862. The summed E-state index contributed by atoms with van der Waals surface area (Å²) >= 11 is 1.65. The van der Waals surface area contributed by atoms with Crippen molar-refractivity contribution in [2.75, 3.05) is 25.4 Å². The Labute approximate surface area is 146 Å². The van der Waals surface area contributed by atoms with E-state index in [1.54, 1.807) is 30.4 Å². The summed E-state index contributed by atoms with van der Waals surface area (Å²) in [5, 5.41) is 4.04. The first-order valence-electron chi connectivity index (χ1n) is 8.27.